The van der Waals surface area contributed by atoms with Crippen molar-refractivity contribution in [2.45, 2.75) is 39.2 Å². The number of aromatic hydroxyl groups is 1. The second-order valence-electron chi connectivity index (χ2n) is 4.92. The minimum Gasteiger partial charge on any atom is -0.506 e. The summed E-state index contributed by atoms with van der Waals surface area (Å²) in [5.41, 5.74) is 3.50. The number of phenols is 1. The normalized spacial score (nSPS) is 14.2. The molecule has 0 aliphatic heterocycles. The van der Waals surface area contributed by atoms with Crippen molar-refractivity contribution in [1.82, 2.24) is 4.90 Å². The summed E-state index contributed by atoms with van der Waals surface area (Å²) < 4.78 is 0.969. The molecule has 0 atom stereocenters. The minimum atomic E-state index is 0.0159. The van der Waals surface area contributed by atoms with Crippen molar-refractivity contribution in [2.75, 3.05) is 7.05 Å². The zero-order valence-corrected chi connectivity index (χ0v) is 13.0. The molecule has 1 aliphatic carbocycles. The highest BCUT2D eigenvalue weighted by atomic mass is 127. The summed E-state index contributed by atoms with van der Waals surface area (Å²) in [7, 11) is 1.76. The molecule has 18 heavy (non-hydrogen) atoms. The van der Waals surface area contributed by atoms with Gasteiger partial charge in [-0.15, -0.1) is 0 Å². The Morgan fingerprint density at radius 3 is 2.78 bits per heavy atom. The number of carbonyl (C=O) groups is 1. The van der Waals surface area contributed by atoms with Gasteiger partial charge in [-0.1, -0.05) is 0 Å². The summed E-state index contributed by atoms with van der Waals surface area (Å²) in [5, 5.41) is 10.2. The van der Waals surface area contributed by atoms with Crippen LogP contribution in [0.2, 0.25) is 0 Å². The molecule has 0 spiro atoms. The van der Waals surface area contributed by atoms with Crippen LogP contribution in [-0.2, 0) is 24.2 Å². The molecular formula is C14H18INO2. The third-order valence-electron chi connectivity index (χ3n) is 3.58. The molecule has 0 unspecified atom stereocenters. The number of hydrogen-bond acceptors (Lipinski definition) is 2. The molecule has 0 heterocycles. The van der Waals surface area contributed by atoms with E-state index in [-0.39, 0.29) is 5.91 Å². The highest BCUT2D eigenvalue weighted by Gasteiger charge is 2.19. The first-order chi connectivity index (χ1) is 8.50. The molecule has 1 N–H and O–H groups in total. The smallest absolute Gasteiger partial charge is 0.219 e. The Bertz CT molecular complexity index is 485. The Hall–Kier alpha value is -0.780. The number of halogens is 1. The van der Waals surface area contributed by atoms with E-state index in [0.29, 0.717) is 12.3 Å². The highest BCUT2D eigenvalue weighted by Crippen LogP contribution is 2.35. The first-order valence-electron chi connectivity index (χ1n) is 6.24. The molecule has 1 aliphatic rings. The first-order valence-corrected chi connectivity index (χ1v) is 7.32. The lowest BCUT2D eigenvalue weighted by Crippen LogP contribution is -2.23. The SMILES string of the molecule is CC(=O)N(C)Cc1cc2c(c(I)c1O)CCCC2. The summed E-state index contributed by atoms with van der Waals surface area (Å²) in [6, 6.07) is 2.07. The van der Waals surface area contributed by atoms with Gasteiger partial charge in [0.25, 0.3) is 0 Å². The molecule has 0 bridgehead atoms. The molecule has 1 aromatic rings. The molecule has 0 radical (unpaired) electrons. The third-order valence-corrected chi connectivity index (χ3v) is 4.74. The van der Waals surface area contributed by atoms with Gasteiger partial charge in [0.15, 0.2) is 0 Å². The number of nitrogens with zero attached hydrogens (tertiary/aromatic N) is 1. The molecule has 2 rings (SSSR count). The van der Waals surface area contributed by atoms with Crippen LogP contribution in [0.3, 0.4) is 0 Å². The summed E-state index contributed by atoms with van der Waals surface area (Å²) >= 11 is 2.22. The molecule has 0 saturated heterocycles. The summed E-state index contributed by atoms with van der Waals surface area (Å²) in [4.78, 5) is 12.9. The van der Waals surface area contributed by atoms with E-state index < -0.39 is 0 Å². The van der Waals surface area contributed by atoms with Crippen molar-refractivity contribution in [2.24, 2.45) is 0 Å². The van der Waals surface area contributed by atoms with Crippen molar-refractivity contribution < 1.29 is 9.90 Å². The molecule has 0 saturated carbocycles. The summed E-state index contributed by atoms with van der Waals surface area (Å²) in [5.74, 6) is 0.367. The van der Waals surface area contributed by atoms with Crippen molar-refractivity contribution in [3.05, 3.63) is 26.3 Å². The van der Waals surface area contributed by atoms with Gasteiger partial charge >= 0.3 is 0 Å². The predicted octanol–water partition coefficient (Wildman–Crippen LogP) is 2.85. The van der Waals surface area contributed by atoms with Gasteiger partial charge in [-0.05, 0) is 65.5 Å². The summed E-state index contributed by atoms with van der Waals surface area (Å²) in [6.07, 6.45) is 4.57. The molecule has 0 aromatic heterocycles. The van der Waals surface area contributed by atoms with Crippen LogP contribution in [-0.4, -0.2) is 23.0 Å². The van der Waals surface area contributed by atoms with Crippen LogP contribution in [0.1, 0.15) is 36.5 Å². The number of amides is 1. The maximum Gasteiger partial charge on any atom is 0.219 e. The topological polar surface area (TPSA) is 40.5 Å². The van der Waals surface area contributed by atoms with Crippen LogP contribution in [0.4, 0.5) is 0 Å². The average molecular weight is 359 g/mol. The number of phenolic OH excluding ortho intramolecular Hbond substituents is 1. The number of aryl methyl sites for hydroxylation is 1. The quantitative estimate of drug-likeness (QED) is 0.825. The van der Waals surface area contributed by atoms with Crippen molar-refractivity contribution >= 4 is 28.5 Å². The van der Waals surface area contributed by atoms with Gasteiger partial charge in [0.1, 0.15) is 5.75 Å². The number of rotatable bonds is 2. The molecule has 4 heteroatoms. The van der Waals surface area contributed by atoms with Crippen LogP contribution < -0.4 is 0 Å². The molecule has 0 fully saturated rings. The number of fused-ring (bicyclic) bond motifs is 1. The van der Waals surface area contributed by atoms with E-state index >= 15 is 0 Å². The van der Waals surface area contributed by atoms with Crippen molar-refractivity contribution in [3.63, 3.8) is 0 Å². The Morgan fingerprint density at radius 1 is 1.44 bits per heavy atom. The highest BCUT2D eigenvalue weighted by molar-refractivity contribution is 14.1. The van der Waals surface area contributed by atoms with Crippen LogP contribution in [0.15, 0.2) is 6.07 Å². The molecule has 1 amide bonds. The Kier molecular flexibility index (Phi) is 4.14. The second-order valence-corrected chi connectivity index (χ2v) is 6.00. The zero-order chi connectivity index (χ0) is 13.3. The monoisotopic (exact) mass is 359 g/mol. The van der Waals surface area contributed by atoms with Gasteiger partial charge < -0.3 is 10.0 Å². The lowest BCUT2D eigenvalue weighted by molar-refractivity contribution is -0.128. The Labute approximate surface area is 121 Å². The number of benzene rings is 1. The van der Waals surface area contributed by atoms with Crippen molar-refractivity contribution in [1.29, 1.82) is 0 Å². The molecule has 98 valence electrons. The Balaban J connectivity index is 2.37. The number of hydrogen-bond donors (Lipinski definition) is 1. The van der Waals surface area contributed by atoms with Crippen LogP contribution in [0, 0.1) is 3.57 Å². The van der Waals surface area contributed by atoms with Gasteiger partial charge in [0.05, 0.1) is 3.57 Å². The maximum absolute atomic E-state index is 11.3. The van der Waals surface area contributed by atoms with E-state index in [4.69, 9.17) is 0 Å². The minimum absolute atomic E-state index is 0.0159. The third kappa shape index (κ3) is 2.63. The van der Waals surface area contributed by atoms with Crippen LogP contribution in [0.5, 0.6) is 5.75 Å². The van der Waals surface area contributed by atoms with E-state index in [1.807, 2.05) is 0 Å². The molecular weight excluding hydrogens is 341 g/mol. The van der Waals surface area contributed by atoms with E-state index in [0.717, 1.165) is 22.0 Å². The van der Waals surface area contributed by atoms with Gasteiger partial charge in [-0.3, -0.25) is 4.79 Å². The number of carbonyl (C=O) groups excluding carboxylic acids is 1. The lowest BCUT2D eigenvalue weighted by atomic mass is 9.90. The van der Waals surface area contributed by atoms with E-state index in [2.05, 4.69) is 28.7 Å². The average Bonchev–Trinajstić information content (AvgIpc) is 2.35. The first kappa shape index (κ1) is 13.6. The zero-order valence-electron chi connectivity index (χ0n) is 10.8. The lowest BCUT2D eigenvalue weighted by Gasteiger charge is -2.22. The van der Waals surface area contributed by atoms with Gasteiger partial charge in [-0.25, -0.2) is 0 Å². The maximum atomic E-state index is 11.3. The largest absolute Gasteiger partial charge is 0.506 e. The van der Waals surface area contributed by atoms with Crippen LogP contribution in [0.25, 0.3) is 0 Å². The van der Waals surface area contributed by atoms with E-state index in [9.17, 15) is 9.90 Å². The fourth-order valence-corrected chi connectivity index (χ4v) is 3.35. The second kappa shape index (κ2) is 5.47. The van der Waals surface area contributed by atoms with Crippen LogP contribution >= 0.6 is 22.6 Å². The fourth-order valence-electron chi connectivity index (χ4n) is 2.39. The Morgan fingerprint density at radius 2 is 2.11 bits per heavy atom. The standard InChI is InChI=1S/C14H18INO2/c1-9(17)16(2)8-11-7-10-5-3-4-6-12(10)13(15)14(11)18/h7,18H,3-6,8H2,1-2H3. The molecule has 3 nitrogen and oxygen atoms in total. The van der Waals surface area contributed by atoms with Gasteiger partial charge in [-0.2, -0.15) is 0 Å². The fraction of sp³-hybridized carbons (Fsp3) is 0.500. The van der Waals surface area contributed by atoms with E-state index in [1.54, 1.807) is 18.9 Å². The summed E-state index contributed by atoms with van der Waals surface area (Å²) in [6.45, 7) is 2.02. The van der Waals surface area contributed by atoms with Crippen molar-refractivity contribution in [3.8, 4) is 5.75 Å². The van der Waals surface area contributed by atoms with E-state index in [1.165, 1.54) is 24.0 Å². The van der Waals surface area contributed by atoms with Gasteiger partial charge in [0, 0.05) is 26.1 Å². The molecule has 1 aromatic carbocycles. The predicted molar refractivity (Wildman–Crippen MR) is 79.6 cm³/mol. The van der Waals surface area contributed by atoms with Gasteiger partial charge in [0.2, 0.25) is 5.91 Å².